The molecule has 0 atom stereocenters. The molecule has 0 rings (SSSR count). The Morgan fingerprint density at radius 1 is 1.12 bits per heavy atom. The molecule has 5 heteroatoms. The largest absolute Gasteiger partial charge is 0.350 e. The van der Waals surface area contributed by atoms with Gasteiger partial charge in [-0.25, -0.2) is 0 Å². The molecule has 0 heterocycles. The quantitative estimate of drug-likeness (QED) is 0.567. The molecule has 0 unspecified atom stereocenters. The Kier molecular flexibility index (Phi) is 6.72. The average molecular weight is 229 g/mol. The van der Waals surface area contributed by atoms with Gasteiger partial charge in [0.25, 0.3) is 0 Å². The lowest BCUT2D eigenvalue weighted by Crippen LogP contribution is -2.45. The van der Waals surface area contributed by atoms with E-state index in [9.17, 15) is 9.59 Å². The van der Waals surface area contributed by atoms with E-state index in [1.54, 1.807) is 0 Å². The first-order chi connectivity index (χ1) is 7.35. The molecule has 0 aliphatic heterocycles. The van der Waals surface area contributed by atoms with E-state index in [0.29, 0.717) is 13.0 Å². The first-order valence-electron chi connectivity index (χ1n) is 5.63. The van der Waals surface area contributed by atoms with E-state index in [1.165, 1.54) is 0 Å². The second-order valence-electron chi connectivity index (χ2n) is 4.82. The number of unbranched alkanes of at least 4 members (excludes halogenated alkanes) is 1. The van der Waals surface area contributed by atoms with Crippen molar-refractivity contribution in [2.75, 3.05) is 13.1 Å². The van der Waals surface area contributed by atoms with Crippen molar-refractivity contribution in [3.05, 3.63) is 0 Å². The monoisotopic (exact) mass is 229 g/mol. The molecule has 0 radical (unpaired) electrons. The summed E-state index contributed by atoms with van der Waals surface area (Å²) in [6.45, 7) is 6.33. The Morgan fingerprint density at radius 3 is 2.25 bits per heavy atom. The minimum atomic E-state index is -0.263. The Bertz CT molecular complexity index is 234. The van der Waals surface area contributed by atoms with Crippen LogP contribution in [0.4, 0.5) is 0 Å². The fourth-order valence-electron chi connectivity index (χ4n) is 1.16. The van der Waals surface area contributed by atoms with Gasteiger partial charge in [-0.05, 0) is 40.2 Å². The second kappa shape index (κ2) is 7.22. The lowest BCUT2D eigenvalue weighted by Gasteiger charge is -2.20. The molecule has 0 saturated carbocycles. The summed E-state index contributed by atoms with van der Waals surface area (Å²) in [7, 11) is 0. The maximum atomic E-state index is 11.3. The smallest absolute Gasteiger partial charge is 0.239 e. The predicted octanol–water partition coefficient (Wildman–Crippen LogP) is 0.146. The van der Waals surface area contributed by atoms with Gasteiger partial charge in [0.15, 0.2) is 0 Å². The third kappa shape index (κ3) is 9.45. The summed E-state index contributed by atoms with van der Waals surface area (Å²) in [4.78, 5) is 22.6. The van der Waals surface area contributed by atoms with Crippen molar-refractivity contribution in [1.82, 2.24) is 10.6 Å². The lowest BCUT2D eigenvalue weighted by atomic mass is 10.1. The van der Waals surface area contributed by atoms with Gasteiger partial charge < -0.3 is 16.4 Å². The van der Waals surface area contributed by atoms with Crippen LogP contribution in [0.15, 0.2) is 0 Å². The molecule has 0 bridgehead atoms. The van der Waals surface area contributed by atoms with E-state index in [1.807, 2.05) is 20.8 Å². The Labute approximate surface area is 97.2 Å². The minimum absolute atomic E-state index is 0.0404. The van der Waals surface area contributed by atoms with Gasteiger partial charge in [-0.3, -0.25) is 9.59 Å². The van der Waals surface area contributed by atoms with Gasteiger partial charge in [0.1, 0.15) is 0 Å². The van der Waals surface area contributed by atoms with Crippen molar-refractivity contribution < 1.29 is 9.59 Å². The number of rotatable bonds is 6. The van der Waals surface area contributed by atoms with Gasteiger partial charge in [0, 0.05) is 12.0 Å². The van der Waals surface area contributed by atoms with Crippen molar-refractivity contribution in [2.45, 2.75) is 45.6 Å². The van der Waals surface area contributed by atoms with Crippen LogP contribution in [-0.4, -0.2) is 30.4 Å². The highest BCUT2D eigenvalue weighted by Crippen LogP contribution is 1.97. The fourth-order valence-corrected chi connectivity index (χ4v) is 1.16. The molecule has 16 heavy (non-hydrogen) atoms. The van der Waals surface area contributed by atoms with Crippen LogP contribution in [0.1, 0.15) is 40.0 Å². The number of hydrogen-bond acceptors (Lipinski definition) is 3. The van der Waals surface area contributed by atoms with E-state index in [4.69, 9.17) is 5.73 Å². The highest BCUT2D eigenvalue weighted by Gasteiger charge is 2.13. The summed E-state index contributed by atoms with van der Waals surface area (Å²) >= 11 is 0. The van der Waals surface area contributed by atoms with Crippen LogP contribution in [0.2, 0.25) is 0 Å². The molecule has 5 nitrogen and oxygen atoms in total. The van der Waals surface area contributed by atoms with Crippen LogP contribution in [0.3, 0.4) is 0 Å². The zero-order valence-electron chi connectivity index (χ0n) is 10.4. The average Bonchev–Trinajstić information content (AvgIpc) is 2.12. The molecular weight excluding hydrogens is 206 g/mol. The molecule has 2 amide bonds. The highest BCUT2D eigenvalue weighted by atomic mass is 16.2. The molecule has 94 valence electrons. The summed E-state index contributed by atoms with van der Waals surface area (Å²) in [5.74, 6) is -0.266. The Morgan fingerprint density at radius 2 is 1.75 bits per heavy atom. The summed E-state index contributed by atoms with van der Waals surface area (Å²) < 4.78 is 0. The van der Waals surface area contributed by atoms with Crippen molar-refractivity contribution in [1.29, 1.82) is 0 Å². The van der Waals surface area contributed by atoms with Crippen molar-refractivity contribution in [3.8, 4) is 0 Å². The number of amides is 2. The Hall–Kier alpha value is -1.10. The second-order valence-corrected chi connectivity index (χ2v) is 4.82. The van der Waals surface area contributed by atoms with Gasteiger partial charge in [-0.15, -0.1) is 0 Å². The van der Waals surface area contributed by atoms with Crippen molar-refractivity contribution in [2.24, 2.45) is 5.73 Å². The molecule has 4 N–H and O–H groups in total. The lowest BCUT2D eigenvalue weighted by molar-refractivity contribution is -0.126. The molecule has 0 aromatic heterocycles. The van der Waals surface area contributed by atoms with E-state index in [0.717, 1.165) is 12.8 Å². The minimum Gasteiger partial charge on any atom is -0.350 e. The summed E-state index contributed by atoms with van der Waals surface area (Å²) in [5, 5.41) is 5.34. The van der Waals surface area contributed by atoms with Gasteiger partial charge in [-0.2, -0.15) is 0 Å². The number of nitrogens with two attached hydrogens (primary N) is 1. The van der Waals surface area contributed by atoms with Crippen molar-refractivity contribution >= 4 is 11.8 Å². The first-order valence-corrected chi connectivity index (χ1v) is 5.63. The SMILES string of the molecule is CC(C)(C)NC(=O)CNC(=O)CCCCN. The molecule has 0 aliphatic carbocycles. The zero-order chi connectivity index (χ0) is 12.6. The standard InChI is InChI=1S/C11H23N3O2/c1-11(2,3)14-10(16)8-13-9(15)6-4-5-7-12/h4-8,12H2,1-3H3,(H,13,15)(H,14,16). The van der Waals surface area contributed by atoms with Crippen LogP contribution in [0.5, 0.6) is 0 Å². The third-order valence-corrected chi connectivity index (χ3v) is 1.82. The van der Waals surface area contributed by atoms with Crippen LogP contribution < -0.4 is 16.4 Å². The molecule has 0 fully saturated rings. The molecule has 0 spiro atoms. The van der Waals surface area contributed by atoms with Crippen LogP contribution in [-0.2, 0) is 9.59 Å². The maximum Gasteiger partial charge on any atom is 0.239 e. The zero-order valence-corrected chi connectivity index (χ0v) is 10.4. The van der Waals surface area contributed by atoms with Crippen LogP contribution in [0, 0.1) is 0 Å². The van der Waals surface area contributed by atoms with Crippen molar-refractivity contribution in [3.63, 3.8) is 0 Å². The number of nitrogens with one attached hydrogen (secondary N) is 2. The first kappa shape index (κ1) is 14.9. The summed E-state index contributed by atoms with van der Waals surface area (Å²) in [6, 6.07) is 0. The molecular formula is C11H23N3O2. The van der Waals surface area contributed by atoms with Gasteiger partial charge in [0.05, 0.1) is 6.54 Å². The third-order valence-electron chi connectivity index (χ3n) is 1.82. The summed E-state index contributed by atoms with van der Waals surface area (Å²) in [5.41, 5.74) is 5.05. The van der Waals surface area contributed by atoms with Gasteiger partial charge in [0.2, 0.25) is 11.8 Å². The van der Waals surface area contributed by atoms with Gasteiger partial charge in [-0.1, -0.05) is 0 Å². The fraction of sp³-hybridized carbons (Fsp3) is 0.818. The maximum absolute atomic E-state index is 11.3. The number of carbonyl (C=O) groups is 2. The van der Waals surface area contributed by atoms with E-state index >= 15 is 0 Å². The summed E-state index contributed by atoms with van der Waals surface area (Å²) in [6.07, 6.45) is 2.03. The number of hydrogen-bond donors (Lipinski definition) is 3. The van der Waals surface area contributed by atoms with E-state index in [-0.39, 0.29) is 23.9 Å². The molecule has 0 aliphatic rings. The van der Waals surface area contributed by atoms with Gasteiger partial charge >= 0.3 is 0 Å². The topological polar surface area (TPSA) is 84.2 Å². The number of carbonyl (C=O) groups excluding carboxylic acids is 2. The Balaban J connectivity index is 3.63. The normalized spacial score (nSPS) is 11.0. The van der Waals surface area contributed by atoms with E-state index < -0.39 is 0 Å². The van der Waals surface area contributed by atoms with Crippen LogP contribution in [0.25, 0.3) is 0 Å². The van der Waals surface area contributed by atoms with Crippen LogP contribution >= 0.6 is 0 Å². The molecule has 0 aromatic rings. The highest BCUT2D eigenvalue weighted by molar-refractivity contribution is 5.84. The molecule has 0 saturated heterocycles. The molecule has 0 aromatic carbocycles. The predicted molar refractivity (Wildman–Crippen MR) is 63.8 cm³/mol. The van der Waals surface area contributed by atoms with E-state index in [2.05, 4.69) is 10.6 Å².